The SMILES string of the molecule is CCSCCC(=O)Nc1cccc(N(C)C)c1-c1cc2ccccc2o1. The maximum absolute atomic E-state index is 12.4. The number of rotatable bonds is 7. The van der Waals surface area contributed by atoms with Gasteiger partial charge < -0.3 is 14.6 Å². The summed E-state index contributed by atoms with van der Waals surface area (Å²) in [6.07, 6.45) is 0.504. The minimum Gasteiger partial charge on any atom is -0.456 e. The first-order valence-electron chi connectivity index (χ1n) is 8.77. The van der Waals surface area contributed by atoms with Crippen molar-refractivity contribution in [3.8, 4) is 11.3 Å². The summed E-state index contributed by atoms with van der Waals surface area (Å²) in [5.41, 5.74) is 3.53. The molecule has 0 radical (unpaired) electrons. The van der Waals surface area contributed by atoms with Crippen LogP contribution in [0.3, 0.4) is 0 Å². The summed E-state index contributed by atoms with van der Waals surface area (Å²) in [4.78, 5) is 14.4. The normalized spacial score (nSPS) is 10.9. The Kier molecular flexibility index (Phi) is 5.89. The summed E-state index contributed by atoms with van der Waals surface area (Å²) in [6, 6.07) is 15.9. The fourth-order valence-electron chi connectivity index (χ4n) is 2.90. The molecular formula is C21H24N2O2S. The second kappa shape index (κ2) is 8.32. The number of hydrogen-bond acceptors (Lipinski definition) is 4. The van der Waals surface area contributed by atoms with E-state index in [0.29, 0.717) is 6.42 Å². The van der Waals surface area contributed by atoms with Crippen LogP contribution in [0.25, 0.3) is 22.3 Å². The lowest BCUT2D eigenvalue weighted by atomic mass is 10.1. The molecule has 0 saturated carbocycles. The third-order valence-electron chi connectivity index (χ3n) is 4.15. The van der Waals surface area contributed by atoms with Crippen LogP contribution >= 0.6 is 11.8 Å². The van der Waals surface area contributed by atoms with Crippen LogP contribution in [-0.2, 0) is 4.79 Å². The van der Waals surface area contributed by atoms with E-state index in [2.05, 4.69) is 12.2 Å². The summed E-state index contributed by atoms with van der Waals surface area (Å²) in [5.74, 6) is 2.64. The molecule has 0 atom stereocenters. The minimum atomic E-state index is 0.0271. The molecule has 136 valence electrons. The molecular weight excluding hydrogens is 344 g/mol. The van der Waals surface area contributed by atoms with Crippen LogP contribution in [0.15, 0.2) is 52.9 Å². The Labute approximate surface area is 158 Å². The van der Waals surface area contributed by atoms with E-state index in [9.17, 15) is 4.79 Å². The smallest absolute Gasteiger partial charge is 0.225 e. The third kappa shape index (κ3) is 4.05. The predicted octanol–water partition coefficient (Wildman–Crippen LogP) is 5.25. The number of nitrogens with zero attached hydrogens (tertiary/aromatic N) is 1. The first-order chi connectivity index (χ1) is 12.6. The maximum atomic E-state index is 12.4. The zero-order valence-corrected chi connectivity index (χ0v) is 16.2. The molecule has 0 fully saturated rings. The molecule has 1 heterocycles. The Hall–Kier alpha value is -2.40. The molecule has 0 aliphatic carbocycles. The monoisotopic (exact) mass is 368 g/mol. The summed E-state index contributed by atoms with van der Waals surface area (Å²) in [5, 5.41) is 4.12. The molecule has 4 nitrogen and oxygen atoms in total. The van der Waals surface area contributed by atoms with Crippen LogP contribution in [0, 0.1) is 0 Å². The van der Waals surface area contributed by atoms with Crippen LogP contribution in [0.4, 0.5) is 11.4 Å². The average Bonchev–Trinajstić information content (AvgIpc) is 3.05. The lowest BCUT2D eigenvalue weighted by Crippen LogP contribution is -2.15. The molecule has 0 aliphatic heterocycles. The van der Waals surface area contributed by atoms with Gasteiger partial charge in [-0.25, -0.2) is 0 Å². The van der Waals surface area contributed by atoms with E-state index in [4.69, 9.17) is 4.42 Å². The summed E-state index contributed by atoms with van der Waals surface area (Å²) < 4.78 is 6.08. The van der Waals surface area contributed by atoms with Gasteiger partial charge in [0.05, 0.1) is 11.3 Å². The van der Waals surface area contributed by atoms with Gasteiger partial charge in [0.2, 0.25) is 5.91 Å². The number of carbonyl (C=O) groups excluding carboxylic acids is 1. The molecule has 3 aromatic rings. The molecule has 1 amide bonds. The molecule has 1 N–H and O–H groups in total. The molecule has 5 heteroatoms. The highest BCUT2D eigenvalue weighted by molar-refractivity contribution is 7.99. The quantitative estimate of drug-likeness (QED) is 0.579. The lowest BCUT2D eigenvalue weighted by Gasteiger charge is -2.19. The summed E-state index contributed by atoms with van der Waals surface area (Å²) in [6.45, 7) is 2.10. The summed E-state index contributed by atoms with van der Waals surface area (Å²) in [7, 11) is 3.98. The van der Waals surface area contributed by atoms with Gasteiger partial charge in [-0.05, 0) is 30.0 Å². The number of benzene rings is 2. The number of carbonyl (C=O) groups is 1. The molecule has 0 saturated heterocycles. The maximum Gasteiger partial charge on any atom is 0.225 e. The van der Waals surface area contributed by atoms with Gasteiger partial charge in [-0.1, -0.05) is 31.2 Å². The van der Waals surface area contributed by atoms with Crippen molar-refractivity contribution in [2.45, 2.75) is 13.3 Å². The number of anilines is 2. The van der Waals surface area contributed by atoms with Gasteiger partial charge in [0.25, 0.3) is 0 Å². The van der Waals surface area contributed by atoms with Crippen LogP contribution in [-0.4, -0.2) is 31.5 Å². The Bertz CT molecular complexity index is 869. The standard InChI is InChI=1S/C21H24N2O2S/c1-4-26-13-12-20(24)22-16-9-7-10-17(23(2)3)21(16)19-14-15-8-5-6-11-18(15)25-19/h5-11,14H,4,12-13H2,1-3H3,(H,22,24). The van der Waals surface area contributed by atoms with Gasteiger partial charge >= 0.3 is 0 Å². The van der Waals surface area contributed by atoms with Gasteiger partial charge in [0.15, 0.2) is 0 Å². The first-order valence-corrected chi connectivity index (χ1v) is 9.92. The zero-order chi connectivity index (χ0) is 18.5. The second-order valence-corrected chi connectivity index (χ2v) is 7.63. The number of thioether (sulfide) groups is 1. The minimum absolute atomic E-state index is 0.0271. The van der Waals surface area contributed by atoms with E-state index in [1.165, 1.54) is 0 Å². The van der Waals surface area contributed by atoms with E-state index in [1.54, 1.807) is 11.8 Å². The number of hydrogen-bond donors (Lipinski definition) is 1. The van der Waals surface area contributed by atoms with Crippen LogP contribution in [0.1, 0.15) is 13.3 Å². The van der Waals surface area contributed by atoms with E-state index in [-0.39, 0.29) is 5.91 Å². The topological polar surface area (TPSA) is 45.5 Å². The van der Waals surface area contributed by atoms with Crippen LogP contribution < -0.4 is 10.2 Å². The Balaban J connectivity index is 1.99. The van der Waals surface area contributed by atoms with Crippen molar-refractivity contribution in [1.29, 1.82) is 0 Å². The fraction of sp³-hybridized carbons (Fsp3) is 0.286. The molecule has 26 heavy (non-hydrogen) atoms. The highest BCUT2D eigenvalue weighted by atomic mass is 32.2. The molecule has 0 spiro atoms. The highest BCUT2D eigenvalue weighted by Gasteiger charge is 2.18. The van der Waals surface area contributed by atoms with Crippen molar-refractivity contribution in [3.63, 3.8) is 0 Å². The number of furan rings is 1. The van der Waals surface area contributed by atoms with Crippen molar-refractivity contribution in [2.75, 3.05) is 35.8 Å². The van der Waals surface area contributed by atoms with Gasteiger partial charge in [-0.2, -0.15) is 11.8 Å². The Morgan fingerprint density at radius 2 is 1.96 bits per heavy atom. The van der Waals surface area contributed by atoms with Crippen molar-refractivity contribution >= 4 is 40.0 Å². The molecule has 0 aliphatic rings. The summed E-state index contributed by atoms with van der Waals surface area (Å²) >= 11 is 1.77. The highest BCUT2D eigenvalue weighted by Crippen LogP contribution is 2.39. The fourth-order valence-corrected chi connectivity index (χ4v) is 3.52. The lowest BCUT2D eigenvalue weighted by molar-refractivity contribution is -0.115. The number of fused-ring (bicyclic) bond motifs is 1. The molecule has 0 unspecified atom stereocenters. The van der Waals surface area contributed by atoms with Crippen molar-refractivity contribution in [3.05, 3.63) is 48.5 Å². The molecule has 3 rings (SSSR count). The van der Waals surface area contributed by atoms with Crippen LogP contribution in [0.2, 0.25) is 0 Å². The third-order valence-corrected chi connectivity index (χ3v) is 5.05. The van der Waals surface area contributed by atoms with Gasteiger partial charge in [0, 0.05) is 37.3 Å². The molecule has 1 aromatic heterocycles. The van der Waals surface area contributed by atoms with Gasteiger partial charge in [0.1, 0.15) is 11.3 Å². The Morgan fingerprint density at radius 3 is 2.69 bits per heavy atom. The van der Waals surface area contributed by atoms with E-state index < -0.39 is 0 Å². The van der Waals surface area contributed by atoms with E-state index in [0.717, 1.165) is 45.2 Å². The molecule has 2 aromatic carbocycles. The average molecular weight is 369 g/mol. The number of amides is 1. The van der Waals surface area contributed by atoms with Gasteiger partial charge in [-0.15, -0.1) is 0 Å². The number of para-hydroxylation sites is 1. The largest absolute Gasteiger partial charge is 0.456 e. The number of nitrogens with one attached hydrogen (secondary N) is 1. The van der Waals surface area contributed by atoms with E-state index >= 15 is 0 Å². The van der Waals surface area contributed by atoms with Gasteiger partial charge in [-0.3, -0.25) is 4.79 Å². The van der Waals surface area contributed by atoms with Crippen molar-refractivity contribution in [2.24, 2.45) is 0 Å². The zero-order valence-electron chi connectivity index (χ0n) is 15.4. The van der Waals surface area contributed by atoms with Crippen LogP contribution in [0.5, 0.6) is 0 Å². The van der Waals surface area contributed by atoms with E-state index in [1.807, 2.05) is 67.5 Å². The second-order valence-electron chi connectivity index (χ2n) is 6.24. The predicted molar refractivity (Wildman–Crippen MR) is 112 cm³/mol. The Morgan fingerprint density at radius 1 is 1.15 bits per heavy atom. The van der Waals surface area contributed by atoms with Crippen molar-refractivity contribution in [1.82, 2.24) is 0 Å². The molecule has 0 bridgehead atoms. The first kappa shape index (κ1) is 18.4. The van der Waals surface area contributed by atoms with Crippen molar-refractivity contribution < 1.29 is 9.21 Å².